The second-order valence-electron chi connectivity index (χ2n) is 8.08. The van der Waals surface area contributed by atoms with Crippen LogP contribution in [0.4, 0.5) is 26.3 Å². The van der Waals surface area contributed by atoms with Gasteiger partial charge in [0.1, 0.15) is 11.9 Å². The summed E-state index contributed by atoms with van der Waals surface area (Å²) in [6, 6.07) is 0.562. The Morgan fingerprint density at radius 2 is 0.757 bits per heavy atom. The van der Waals surface area contributed by atoms with Gasteiger partial charge in [0.25, 0.3) is 0 Å². The van der Waals surface area contributed by atoms with Gasteiger partial charge in [-0.25, -0.2) is 0 Å². The topological polar surface area (TPSA) is 213 Å². The van der Waals surface area contributed by atoms with Crippen LogP contribution >= 0.6 is 0 Å². The summed E-state index contributed by atoms with van der Waals surface area (Å²) in [5.41, 5.74) is 11.3. The van der Waals surface area contributed by atoms with Crippen LogP contribution in [0.3, 0.4) is 0 Å². The second-order valence-corrected chi connectivity index (χ2v) is 8.08. The van der Waals surface area contributed by atoms with Gasteiger partial charge in [-0.15, -0.1) is 0 Å². The number of rotatable bonds is 2. The van der Waals surface area contributed by atoms with Crippen LogP contribution < -0.4 is 31.9 Å². The van der Waals surface area contributed by atoms with Crippen LogP contribution in [0.2, 0.25) is 0 Å². The Labute approximate surface area is 223 Å². The molecule has 0 radical (unpaired) electrons. The van der Waals surface area contributed by atoms with Crippen molar-refractivity contribution in [2.75, 3.05) is 0 Å². The van der Waals surface area contributed by atoms with E-state index < -0.39 is 36.2 Å². The number of carboxylic acids is 4. The van der Waals surface area contributed by atoms with E-state index in [0.29, 0.717) is 0 Å². The quantitative estimate of drug-likeness (QED) is 0.295. The predicted octanol–water partition coefficient (Wildman–Crippen LogP) is -2.12. The molecule has 0 unspecified atom stereocenters. The van der Waals surface area contributed by atoms with Crippen LogP contribution in [0.5, 0.6) is 0 Å². The van der Waals surface area contributed by atoms with Crippen molar-refractivity contribution in [3.63, 3.8) is 0 Å². The molecule has 4 N–H and O–H groups in total. The van der Waals surface area contributed by atoms with Crippen LogP contribution in [0, 0.1) is 11.8 Å². The van der Waals surface area contributed by atoms with Crippen molar-refractivity contribution in [2.45, 2.75) is 88.6 Å². The van der Waals surface area contributed by atoms with Gasteiger partial charge in [-0.2, -0.15) is 26.3 Å². The number of halogens is 6. The summed E-state index contributed by atoms with van der Waals surface area (Å²) >= 11 is 0. The summed E-state index contributed by atoms with van der Waals surface area (Å²) in [7, 11) is 0. The Morgan fingerprint density at radius 3 is 0.811 bits per heavy atom. The first-order valence-electron chi connectivity index (χ1n) is 10.8. The summed E-state index contributed by atoms with van der Waals surface area (Å²) in [6.45, 7) is 0. The maximum absolute atomic E-state index is 10.5. The van der Waals surface area contributed by atoms with Gasteiger partial charge in [0.15, 0.2) is 0 Å². The van der Waals surface area contributed by atoms with Crippen molar-refractivity contribution in [1.29, 1.82) is 0 Å². The maximum Gasteiger partial charge on any atom is 4.00 e. The van der Waals surface area contributed by atoms with Crippen molar-refractivity contribution in [2.24, 2.45) is 23.3 Å². The first kappa shape index (κ1) is 39.6. The molecule has 0 aromatic rings. The van der Waals surface area contributed by atoms with Gasteiger partial charge in [0.05, 0.1) is 0 Å². The fourth-order valence-electron chi connectivity index (χ4n) is 2.48. The molecule has 0 aromatic carbocycles. The molecule has 10 nitrogen and oxygen atoms in total. The summed E-state index contributed by atoms with van der Waals surface area (Å²) in [5, 5.41) is 37.3. The van der Waals surface area contributed by atoms with E-state index in [2.05, 4.69) is 0 Å². The summed E-state index contributed by atoms with van der Waals surface area (Å²) in [5.74, 6) is -7.97. The average molecular weight is 734 g/mol. The number of aliphatic carboxylic acids is 4. The molecule has 3 aliphatic rings. The molecule has 218 valence electrons. The number of carboxylic acid groups (broad SMARTS) is 4. The third kappa shape index (κ3) is 20.8. The molecule has 17 heteroatoms. The van der Waals surface area contributed by atoms with Gasteiger partial charge in [-0.05, 0) is 50.4 Å². The molecule has 37 heavy (non-hydrogen) atoms. The van der Waals surface area contributed by atoms with Crippen molar-refractivity contribution in [1.82, 2.24) is 0 Å². The van der Waals surface area contributed by atoms with E-state index in [1.54, 1.807) is 0 Å². The molecule has 0 saturated heterocycles. The molecule has 0 heterocycles. The van der Waals surface area contributed by atoms with Gasteiger partial charge in [-0.3, -0.25) is 0 Å². The van der Waals surface area contributed by atoms with E-state index in [0.717, 1.165) is 51.4 Å². The minimum Gasteiger partial charge on any atom is -0.550 e. The molecule has 3 aliphatic carbocycles. The Hall–Kier alpha value is -1.93. The van der Waals surface area contributed by atoms with E-state index in [4.69, 9.17) is 31.3 Å². The molecule has 0 aliphatic heterocycles. The number of alkyl halides is 6. The van der Waals surface area contributed by atoms with Crippen molar-refractivity contribution < 1.29 is 87.0 Å². The molecular weight excluding hydrogens is 705 g/mol. The second kappa shape index (κ2) is 19.2. The van der Waals surface area contributed by atoms with Crippen LogP contribution in [-0.2, 0) is 40.2 Å². The minimum absolute atomic E-state index is 0. The van der Waals surface area contributed by atoms with Gasteiger partial charge < -0.3 is 51.1 Å². The van der Waals surface area contributed by atoms with E-state index in [1.807, 2.05) is 0 Å². The van der Waals surface area contributed by atoms with Gasteiger partial charge in [0, 0.05) is 24.0 Å². The van der Waals surface area contributed by atoms with Gasteiger partial charge in [-0.1, -0.05) is 25.7 Å². The number of hydrogen-bond acceptors (Lipinski definition) is 10. The van der Waals surface area contributed by atoms with E-state index in [1.165, 1.54) is 12.8 Å². The Kier molecular flexibility index (Phi) is 20.5. The Morgan fingerprint density at radius 1 is 0.541 bits per heavy atom. The first-order valence-corrected chi connectivity index (χ1v) is 10.8. The number of carbonyl (C=O) groups is 4. The molecule has 0 amide bonds. The monoisotopic (exact) mass is 733 g/mol. The number of hydrogen-bond donors (Lipinski definition) is 2. The zero-order chi connectivity index (χ0) is 28.7. The number of carbonyl (C=O) groups excluding carboxylic acids is 4. The van der Waals surface area contributed by atoms with Gasteiger partial charge >= 0.3 is 33.4 Å². The third-order valence-corrected chi connectivity index (χ3v) is 5.21. The van der Waals surface area contributed by atoms with Crippen LogP contribution in [0.25, 0.3) is 0 Å². The summed E-state index contributed by atoms with van der Waals surface area (Å²) in [4.78, 5) is 37.3. The van der Waals surface area contributed by atoms with Crippen molar-refractivity contribution in [3.05, 3.63) is 0 Å². The molecule has 0 aromatic heterocycles. The van der Waals surface area contributed by atoms with Crippen molar-refractivity contribution >= 4 is 23.9 Å². The summed E-state index contributed by atoms with van der Waals surface area (Å²) in [6.07, 6.45) is -0.112. The third-order valence-electron chi connectivity index (χ3n) is 5.21. The number of nitrogens with two attached hydrogens (primary N) is 2. The normalized spacial score (nSPS) is 20.9. The molecule has 3 fully saturated rings. The zero-order valence-corrected chi connectivity index (χ0v) is 21.7. The SMILES string of the molecule is N[C@@H]1CCCC[C@H]1N.O=C([O-])C(F)(F)F.O=C([O-])C(F)(F)F.O=C([O-])C1CCC1.O=C([O-])C1CCC1.[Pt+4]. The molecule has 0 spiro atoms. The molecule has 0 bridgehead atoms. The fourth-order valence-corrected chi connectivity index (χ4v) is 2.48. The maximum atomic E-state index is 10.5. The van der Waals surface area contributed by atoms with E-state index >= 15 is 0 Å². The summed E-state index contributed by atoms with van der Waals surface area (Å²) < 4.78 is 63.1. The van der Waals surface area contributed by atoms with Gasteiger partial charge in [0.2, 0.25) is 0 Å². The Balaban J connectivity index is -0.000000388. The zero-order valence-electron chi connectivity index (χ0n) is 19.4. The Bertz CT molecular complexity index is 643. The van der Waals surface area contributed by atoms with E-state index in [-0.39, 0.29) is 45.0 Å². The predicted molar refractivity (Wildman–Crippen MR) is 101 cm³/mol. The van der Waals surface area contributed by atoms with E-state index in [9.17, 15) is 46.1 Å². The fraction of sp³-hybridized carbons (Fsp3) is 0.800. The molecule has 3 saturated carbocycles. The average Bonchev–Trinajstić information content (AvgIpc) is 2.61. The van der Waals surface area contributed by atoms with Crippen LogP contribution in [-0.4, -0.2) is 48.3 Å². The molecule has 3 rings (SSSR count). The molecule has 2 atom stereocenters. The molecular formula is C20H28F6N2O8Pt. The van der Waals surface area contributed by atoms with Crippen LogP contribution in [0.1, 0.15) is 64.2 Å². The largest absolute Gasteiger partial charge is 4.00 e. The standard InChI is InChI=1S/C6H14N2.2C5H8O2.2C2HF3O2.Pt/c7-5-3-1-2-4-6(5)8;2*6-5(7)4-2-1-3-4;2*3-2(4,5)1(6)7;/h5-6H,1-4,7-8H2;2*4H,1-3H2,(H,6,7);2*(H,6,7);/q;;;;;+4/p-4/t5-,6-;;;;;/m1...../s1. The minimum atomic E-state index is -5.19. The van der Waals surface area contributed by atoms with Crippen LogP contribution in [0.15, 0.2) is 0 Å². The van der Waals surface area contributed by atoms with Crippen molar-refractivity contribution in [3.8, 4) is 0 Å². The first-order chi connectivity index (χ1) is 16.3. The smallest absolute Gasteiger partial charge is 0.550 e.